The minimum absolute atomic E-state index is 0.0558. The standard InChI is InChI=1S/C18H23NO6S/c1-3-23-18(20)19-13-8-9-15-14(19)10-16(24-15)17(13)25-26(21,22)12-6-4-11(2)5-7-12/h4-7,13-17H,3,8-10H2,1-2H3. The van der Waals surface area contributed by atoms with Crippen LogP contribution in [0, 0.1) is 6.92 Å². The Balaban J connectivity index is 1.61. The lowest BCUT2D eigenvalue weighted by molar-refractivity contribution is -0.0277. The van der Waals surface area contributed by atoms with Crippen LogP contribution in [0.15, 0.2) is 29.2 Å². The molecule has 3 heterocycles. The van der Waals surface area contributed by atoms with Crippen LogP contribution in [0.2, 0.25) is 0 Å². The molecule has 26 heavy (non-hydrogen) atoms. The van der Waals surface area contributed by atoms with Gasteiger partial charge in [0.1, 0.15) is 6.10 Å². The van der Waals surface area contributed by atoms with Crippen LogP contribution in [0.1, 0.15) is 31.7 Å². The third-order valence-electron chi connectivity index (χ3n) is 5.49. The fourth-order valence-electron chi connectivity index (χ4n) is 4.32. The summed E-state index contributed by atoms with van der Waals surface area (Å²) in [5.74, 6) is 0. The second-order valence-corrected chi connectivity index (χ2v) is 8.67. The van der Waals surface area contributed by atoms with Gasteiger partial charge in [0, 0.05) is 0 Å². The Morgan fingerprint density at radius 2 is 1.92 bits per heavy atom. The van der Waals surface area contributed by atoms with E-state index in [0.717, 1.165) is 12.0 Å². The molecule has 3 saturated heterocycles. The number of piperidine rings is 2. The van der Waals surface area contributed by atoms with Gasteiger partial charge in [0.2, 0.25) is 0 Å². The van der Waals surface area contributed by atoms with Crippen molar-refractivity contribution in [2.45, 2.75) is 68.4 Å². The molecular weight excluding hydrogens is 358 g/mol. The zero-order valence-corrected chi connectivity index (χ0v) is 15.6. The van der Waals surface area contributed by atoms with E-state index in [0.29, 0.717) is 12.8 Å². The Morgan fingerprint density at radius 3 is 2.62 bits per heavy atom. The Morgan fingerprint density at radius 1 is 1.19 bits per heavy atom. The van der Waals surface area contributed by atoms with Crippen molar-refractivity contribution in [1.29, 1.82) is 0 Å². The van der Waals surface area contributed by atoms with Crippen molar-refractivity contribution < 1.29 is 26.9 Å². The molecule has 5 atom stereocenters. The topological polar surface area (TPSA) is 82.1 Å². The first kappa shape index (κ1) is 17.8. The molecule has 4 rings (SSSR count). The van der Waals surface area contributed by atoms with E-state index in [9.17, 15) is 13.2 Å². The van der Waals surface area contributed by atoms with Crippen LogP contribution >= 0.6 is 0 Å². The van der Waals surface area contributed by atoms with Crippen molar-refractivity contribution in [2.75, 3.05) is 6.61 Å². The fraction of sp³-hybridized carbons (Fsp3) is 0.611. The van der Waals surface area contributed by atoms with Gasteiger partial charge >= 0.3 is 6.09 Å². The van der Waals surface area contributed by atoms with Gasteiger partial charge in [0.05, 0.1) is 35.8 Å². The molecule has 0 saturated carbocycles. The molecule has 0 radical (unpaired) electrons. The number of hydrogen-bond donors (Lipinski definition) is 0. The maximum atomic E-state index is 12.8. The molecule has 3 bridgehead atoms. The predicted octanol–water partition coefficient (Wildman–Crippen LogP) is 2.23. The highest BCUT2D eigenvalue weighted by atomic mass is 32.2. The summed E-state index contributed by atoms with van der Waals surface area (Å²) in [6.07, 6.45) is 0.497. The number of rotatable bonds is 4. The Kier molecular flexibility index (Phi) is 4.45. The third-order valence-corrected chi connectivity index (χ3v) is 6.81. The van der Waals surface area contributed by atoms with Gasteiger partial charge in [-0.2, -0.15) is 8.42 Å². The van der Waals surface area contributed by atoms with E-state index in [1.165, 1.54) is 12.1 Å². The van der Waals surface area contributed by atoms with Gasteiger partial charge in [0.25, 0.3) is 10.1 Å². The summed E-state index contributed by atoms with van der Waals surface area (Å²) in [6, 6.07) is 6.13. The smallest absolute Gasteiger partial charge is 0.410 e. The van der Waals surface area contributed by atoms with E-state index >= 15 is 0 Å². The molecule has 0 N–H and O–H groups in total. The average Bonchev–Trinajstić information content (AvgIpc) is 2.91. The minimum atomic E-state index is -3.95. The van der Waals surface area contributed by atoms with E-state index in [-0.39, 0.29) is 35.8 Å². The molecule has 7 nitrogen and oxygen atoms in total. The zero-order chi connectivity index (χ0) is 18.5. The number of carbonyl (C=O) groups excluding carboxylic acids is 1. The summed E-state index contributed by atoms with van der Waals surface area (Å²) in [7, 11) is -3.95. The molecule has 1 aromatic carbocycles. The molecular formula is C18H23NO6S. The van der Waals surface area contributed by atoms with Crippen LogP contribution in [0.3, 0.4) is 0 Å². The molecule has 3 fully saturated rings. The highest BCUT2D eigenvalue weighted by Crippen LogP contribution is 2.45. The average molecular weight is 381 g/mol. The van der Waals surface area contributed by atoms with Gasteiger partial charge in [-0.05, 0) is 45.2 Å². The second kappa shape index (κ2) is 6.51. The molecule has 3 aliphatic heterocycles. The van der Waals surface area contributed by atoms with E-state index in [1.54, 1.807) is 24.0 Å². The first-order valence-electron chi connectivity index (χ1n) is 9.01. The highest BCUT2D eigenvalue weighted by molar-refractivity contribution is 7.86. The van der Waals surface area contributed by atoms with Crippen molar-refractivity contribution in [1.82, 2.24) is 4.90 Å². The molecule has 0 aliphatic carbocycles. The van der Waals surface area contributed by atoms with Crippen LogP contribution in [0.5, 0.6) is 0 Å². The molecule has 0 aromatic heterocycles. The Bertz CT molecular complexity index is 792. The lowest BCUT2D eigenvalue weighted by Gasteiger charge is -2.46. The molecule has 8 heteroatoms. The van der Waals surface area contributed by atoms with Crippen molar-refractivity contribution in [2.24, 2.45) is 0 Å². The van der Waals surface area contributed by atoms with Gasteiger partial charge in [-0.1, -0.05) is 17.7 Å². The number of fused-ring (bicyclic) bond motifs is 2. The van der Waals surface area contributed by atoms with Crippen molar-refractivity contribution >= 4 is 16.2 Å². The number of nitrogens with zero attached hydrogens (tertiary/aromatic N) is 1. The van der Waals surface area contributed by atoms with Crippen LogP contribution in [0.25, 0.3) is 0 Å². The number of benzene rings is 1. The second-order valence-electron chi connectivity index (χ2n) is 7.09. The van der Waals surface area contributed by atoms with Crippen LogP contribution in [-0.4, -0.2) is 56.4 Å². The number of ether oxygens (including phenoxy) is 2. The van der Waals surface area contributed by atoms with E-state index in [1.807, 2.05) is 6.92 Å². The fourth-order valence-corrected chi connectivity index (χ4v) is 5.44. The Labute approximate surface area is 153 Å². The maximum Gasteiger partial charge on any atom is 0.410 e. The minimum Gasteiger partial charge on any atom is -0.450 e. The van der Waals surface area contributed by atoms with Crippen LogP contribution in [-0.2, 0) is 23.8 Å². The van der Waals surface area contributed by atoms with E-state index in [2.05, 4.69) is 0 Å². The third kappa shape index (κ3) is 2.90. The number of hydrogen-bond acceptors (Lipinski definition) is 6. The van der Waals surface area contributed by atoms with Crippen LogP contribution < -0.4 is 0 Å². The molecule has 142 valence electrons. The summed E-state index contributed by atoms with van der Waals surface area (Å²) in [5, 5.41) is 0. The first-order valence-corrected chi connectivity index (χ1v) is 10.4. The molecule has 1 aromatic rings. The molecule has 3 aliphatic rings. The summed E-state index contributed by atoms with van der Waals surface area (Å²) in [5.41, 5.74) is 0.968. The van der Waals surface area contributed by atoms with Crippen molar-refractivity contribution in [3.63, 3.8) is 0 Å². The van der Waals surface area contributed by atoms with E-state index < -0.39 is 22.3 Å². The monoisotopic (exact) mass is 381 g/mol. The van der Waals surface area contributed by atoms with Gasteiger partial charge in [-0.15, -0.1) is 0 Å². The summed E-state index contributed by atoms with van der Waals surface area (Å²) < 4.78 is 42.3. The normalized spacial score (nSPS) is 32.7. The van der Waals surface area contributed by atoms with Gasteiger partial charge in [-0.25, -0.2) is 4.79 Å². The van der Waals surface area contributed by atoms with Gasteiger partial charge < -0.3 is 9.47 Å². The molecule has 0 spiro atoms. The SMILES string of the molecule is CCOC(=O)N1C2CC3OC2CCC1C3OS(=O)(=O)c1ccc(C)cc1. The summed E-state index contributed by atoms with van der Waals surface area (Å²) in [4.78, 5) is 14.2. The quantitative estimate of drug-likeness (QED) is 0.744. The zero-order valence-electron chi connectivity index (χ0n) is 14.8. The van der Waals surface area contributed by atoms with Crippen molar-refractivity contribution in [3.8, 4) is 0 Å². The lowest BCUT2D eigenvalue weighted by Crippen LogP contribution is -2.62. The Hall–Kier alpha value is -1.64. The lowest BCUT2D eigenvalue weighted by atomic mass is 9.83. The summed E-state index contributed by atoms with van der Waals surface area (Å²) >= 11 is 0. The predicted molar refractivity (Wildman–Crippen MR) is 92.2 cm³/mol. The van der Waals surface area contributed by atoms with Gasteiger partial charge in [-0.3, -0.25) is 9.08 Å². The summed E-state index contributed by atoms with van der Waals surface area (Å²) in [6.45, 7) is 3.92. The largest absolute Gasteiger partial charge is 0.450 e. The van der Waals surface area contributed by atoms with Crippen LogP contribution in [0.4, 0.5) is 4.79 Å². The molecule has 5 unspecified atom stereocenters. The number of amides is 1. The maximum absolute atomic E-state index is 12.8. The van der Waals surface area contributed by atoms with Crippen molar-refractivity contribution in [3.05, 3.63) is 29.8 Å². The molecule has 1 amide bonds. The number of aryl methyl sites for hydroxylation is 1. The highest BCUT2D eigenvalue weighted by Gasteiger charge is 2.58. The van der Waals surface area contributed by atoms with E-state index in [4.69, 9.17) is 13.7 Å². The van der Waals surface area contributed by atoms with Gasteiger partial charge in [0.15, 0.2) is 0 Å². The first-order chi connectivity index (χ1) is 12.4. The number of carbonyl (C=O) groups is 1.